The van der Waals surface area contributed by atoms with E-state index >= 15 is 0 Å². The van der Waals surface area contributed by atoms with Crippen LogP contribution < -0.4 is 5.73 Å². The molecule has 1 fully saturated rings. The summed E-state index contributed by atoms with van der Waals surface area (Å²) in [5, 5.41) is 0. The Morgan fingerprint density at radius 1 is 1.25 bits per heavy atom. The summed E-state index contributed by atoms with van der Waals surface area (Å²) in [4.78, 5) is 15.9. The molecule has 1 aliphatic rings. The number of hydrogen-bond acceptors (Lipinski definition) is 3. The molecule has 4 heteroatoms. The van der Waals surface area contributed by atoms with Crippen LogP contribution >= 0.6 is 0 Å². The van der Waals surface area contributed by atoms with Crippen LogP contribution in [0, 0.1) is 0 Å². The first-order valence-electron chi connectivity index (χ1n) is 6.14. The van der Waals surface area contributed by atoms with Gasteiger partial charge in [0.15, 0.2) is 0 Å². The third kappa shape index (κ3) is 3.19. The van der Waals surface area contributed by atoms with Gasteiger partial charge < -0.3 is 5.73 Å². The molecule has 0 spiro atoms. The first-order valence-corrected chi connectivity index (χ1v) is 6.14. The minimum atomic E-state index is -0.188. The predicted octanol–water partition coefficient (Wildman–Crippen LogP) is 0.666. The molecular formula is C12H25N3O. The molecule has 2 N–H and O–H groups in total. The van der Waals surface area contributed by atoms with E-state index in [-0.39, 0.29) is 17.5 Å². The number of hydrogen-bond donors (Lipinski definition) is 1. The van der Waals surface area contributed by atoms with Gasteiger partial charge in [0.05, 0.1) is 6.04 Å². The summed E-state index contributed by atoms with van der Waals surface area (Å²) in [5.41, 5.74) is 5.63. The Hall–Kier alpha value is -0.610. The molecule has 1 amide bonds. The van der Waals surface area contributed by atoms with Gasteiger partial charge in [-0.05, 0) is 27.2 Å². The van der Waals surface area contributed by atoms with Crippen molar-refractivity contribution in [1.82, 2.24) is 9.80 Å². The first kappa shape index (κ1) is 13.5. The van der Waals surface area contributed by atoms with Crippen molar-refractivity contribution in [2.75, 3.05) is 26.2 Å². The van der Waals surface area contributed by atoms with Gasteiger partial charge in [-0.3, -0.25) is 14.6 Å². The highest BCUT2D eigenvalue weighted by Crippen LogP contribution is 2.17. The SMILES string of the molecule is CCC(C(N)=O)N1CCN(C(C)(C)C)CC1. The average molecular weight is 227 g/mol. The molecule has 0 radical (unpaired) electrons. The van der Waals surface area contributed by atoms with Gasteiger partial charge in [-0.2, -0.15) is 0 Å². The van der Waals surface area contributed by atoms with Gasteiger partial charge in [-0.15, -0.1) is 0 Å². The minimum absolute atomic E-state index is 0.0814. The lowest BCUT2D eigenvalue weighted by molar-refractivity contribution is -0.124. The number of carbonyl (C=O) groups excluding carboxylic acids is 1. The molecule has 1 unspecified atom stereocenters. The average Bonchev–Trinajstić information content (AvgIpc) is 2.17. The van der Waals surface area contributed by atoms with E-state index in [2.05, 4.69) is 30.6 Å². The number of nitrogens with two attached hydrogens (primary N) is 1. The van der Waals surface area contributed by atoms with Gasteiger partial charge >= 0.3 is 0 Å². The zero-order chi connectivity index (χ0) is 12.3. The van der Waals surface area contributed by atoms with Crippen LogP contribution in [0.2, 0.25) is 0 Å². The molecule has 1 atom stereocenters. The van der Waals surface area contributed by atoms with Crippen LogP contribution in [0.25, 0.3) is 0 Å². The fourth-order valence-electron chi connectivity index (χ4n) is 2.34. The van der Waals surface area contributed by atoms with Gasteiger partial charge in [0.2, 0.25) is 5.91 Å². The van der Waals surface area contributed by atoms with Crippen LogP contribution in [0.15, 0.2) is 0 Å². The lowest BCUT2D eigenvalue weighted by Gasteiger charge is -2.43. The van der Waals surface area contributed by atoms with Crippen molar-refractivity contribution in [3.63, 3.8) is 0 Å². The molecule has 1 heterocycles. The van der Waals surface area contributed by atoms with Crippen molar-refractivity contribution >= 4 is 5.91 Å². The van der Waals surface area contributed by atoms with Gasteiger partial charge in [-0.1, -0.05) is 6.92 Å². The standard InChI is InChI=1S/C12H25N3O/c1-5-10(11(13)16)14-6-8-15(9-7-14)12(2,3)4/h10H,5-9H2,1-4H3,(H2,13,16). The van der Waals surface area contributed by atoms with Crippen molar-refractivity contribution in [2.24, 2.45) is 5.73 Å². The maximum atomic E-state index is 11.3. The zero-order valence-corrected chi connectivity index (χ0v) is 11.0. The van der Waals surface area contributed by atoms with E-state index < -0.39 is 0 Å². The fraction of sp³-hybridized carbons (Fsp3) is 0.917. The summed E-state index contributed by atoms with van der Waals surface area (Å²) in [6.07, 6.45) is 0.810. The van der Waals surface area contributed by atoms with E-state index in [0.717, 1.165) is 32.6 Å². The lowest BCUT2D eigenvalue weighted by Crippen LogP contribution is -2.57. The second-order valence-electron chi connectivity index (χ2n) is 5.52. The maximum absolute atomic E-state index is 11.3. The Morgan fingerprint density at radius 2 is 1.75 bits per heavy atom. The number of primary amides is 1. The molecule has 0 saturated carbocycles. The summed E-state index contributed by atoms with van der Waals surface area (Å²) in [7, 11) is 0. The molecule has 0 aromatic rings. The molecule has 0 aromatic carbocycles. The van der Waals surface area contributed by atoms with E-state index in [0.29, 0.717) is 0 Å². The number of piperazine rings is 1. The van der Waals surface area contributed by atoms with Crippen molar-refractivity contribution in [2.45, 2.75) is 45.7 Å². The number of nitrogens with zero attached hydrogens (tertiary/aromatic N) is 2. The highest BCUT2D eigenvalue weighted by atomic mass is 16.1. The van der Waals surface area contributed by atoms with E-state index in [1.165, 1.54) is 0 Å². The van der Waals surface area contributed by atoms with Crippen LogP contribution in [0.4, 0.5) is 0 Å². The van der Waals surface area contributed by atoms with Crippen LogP contribution in [0.1, 0.15) is 34.1 Å². The van der Waals surface area contributed by atoms with Crippen LogP contribution in [0.3, 0.4) is 0 Å². The maximum Gasteiger partial charge on any atom is 0.234 e. The minimum Gasteiger partial charge on any atom is -0.368 e. The Kier molecular flexibility index (Phi) is 4.33. The monoisotopic (exact) mass is 227 g/mol. The summed E-state index contributed by atoms with van der Waals surface area (Å²) >= 11 is 0. The van der Waals surface area contributed by atoms with Gasteiger partial charge in [0.25, 0.3) is 0 Å². The summed E-state index contributed by atoms with van der Waals surface area (Å²) in [6, 6.07) is -0.0814. The third-order valence-electron chi connectivity index (χ3n) is 3.42. The molecule has 1 rings (SSSR count). The normalized spacial score (nSPS) is 22.0. The molecule has 4 nitrogen and oxygen atoms in total. The molecular weight excluding hydrogens is 202 g/mol. The highest BCUT2D eigenvalue weighted by Gasteiger charge is 2.30. The van der Waals surface area contributed by atoms with E-state index in [1.54, 1.807) is 0 Å². The second kappa shape index (κ2) is 5.15. The molecule has 0 aliphatic carbocycles. The molecule has 1 aliphatic heterocycles. The van der Waals surface area contributed by atoms with E-state index in [9.17, 15) is 4.79 Å². The topological polar surface area (TPSA) is 49.6 Å². The largest absolute Gasteiger partial charge is 0.368 e. The van der Waals surface area contributed by atoms with Crippen LogP contribution in [-0.4, -0.2) is 53.5 Å². The summed E-state index contributed by atoms with van der Waals surface area (Å²) in [5.74, 6) is -0.188. The lowest BCUT2D eigenvalue weighted by atomic mass is 10.0. The van der Waals surface area contributed by atoms with Crippen molar-refractivity contribution < 1.29 is 4.79 Å². The van der Waals surface area contributed by atoms with Crippen molar-refractivity contribution in [1.29, 1.82) is 0 Å². The molecule has 16 heavy (non-hydrogen) atoms. The second-order valence-corrected chi connectivity index (χ2v) is 5.52. The van der Waals surface area contributed by atoms with Crippen molar-refractivity contribution in [3.8, 4) is 0 Å². The molecule has 0 bridgehead atoms. The van der Waals surface area contributed by atoms with Gasteiger partial charge in [-0.25, -0.2) is 0 Å². The summed E-state index contributed by atoms with van der Waals surface area (Å²) < 4.78 is 0. The van der Waals surface area contributed by atoms with Crippen LogP contribution in [0.5, 0.6) is 0 Å². The zero-order valence-electron chi connectivity index (χ0n) is 11.0. The Morgan fingerprint density at radius 3 is 2.06 bits per heavy atom. The number of carbonyl (C=O) groups is 1. The first-order chi connectivity index (χ1) is 7.36. The quantitative estimate of drug-likeness (QED) is 0.771. The molecule has 1 saturated heterocycles. The highest BCUT2D eigenvalue weighted by molar-refractivity contribution is 5.79. The number of amides is 1. The predicted molar refractivity (Wildman–Crippen MR) is 66.2 cm³/mol. The molecule has 0 aromatic heterocycles. The number of rotatable bonds is 3. The Balaban J connectivity index is 2.51. The Bertz CT molecular complexity index is 239. The Labute approximate surface area is 98.8 Å². The smallest absolute Gasteiger partial charge is 0.234 e. The van der Waals surface area contributed by atoms with Gasteiger partial charge in [0, 0.05) is 31.7 Å². The van der Waals surface area contributed by atoms with E-state index in [4.69, 9.17) is 5.73 Å². The summed E-state index contributed by atoms with van der Waals surface area (Å²) in [6.45, 7) is 12.6. The van der Waals surface area contributed by atoms with Crippen LogP contribution in [-0.2, 0) is 4.79 Å². The fourth-order valence-corrected chi connectivity index (χ4v) is 2.34. The molecule has 94 valence electrons. The van der Waals surface area contributed by atoms with Crippen molar-refractivity contribution in [3.05, 3.63) is 0 Å². The van der Waals surface area contributed by atoms with E-state index in [1.807, 2.05) is 6.92 Å². The third-order valence-corrected chi connectivity index (χ3v) is 3.42. The van der Waals surface area contributed by atoms with Gasteiger partial charge in [0.1, 0.15) is 0 Å².